The first-order valence-corrected chi connectivity index (χ1v) is 13.0. The van der Waals surface area contributed by atoms with Gasteiger partial charge in [0, 0.05) is 26.1 Å². The molecule has 0 aliphatic carbocycles. The van der Waals surface area contributed by atoms with Crippen molar-refractivity contribution in [1.29, 1.82) is 0 Å². The maximum Gasteiger partial charge on any atom is 0.407 e. The zero-order valence-electron chi connectivity index (χ0n) is 23.1. The van der Waals surface area contributed by atoms with Gasteiger partial charge >= 0.3 is 12.1 Å². The van der Waals surface area contributed by atoms with E-state index < -0.39 is 66.7 Å². The van der Waals surface area contributed by atoms with Gasteiger partial charge in [0.05, 0.1) is 18.7 Å². The van der Waals surface area contributed by atoms with E-state index in [1.54, 1.807) is 24.3 Å². The maximum absolute atomic E-state index is 12.6. The highest BCUT2D eigenvalue weighted by molar-refractivity contribution is 5.91. The molecular formula is C26H34N6O11. The van der Waals surface area contributed by atoms with Gasteiger partial charge in [0.25, 0.3) is 0 Å². The van der Waals surface area contributed by atoms with Gasteiger partial charge in [0.1, 0.15) is 6.10 Å². The topological polar surface area (TPSA) is 266 Å². The summed E-state index contributed by atoms with van der Waals surface area (Å²) in [5.41, 5.74) is 11.7. The number of carbonyl (C=O) groups is 4. The molecular weight excluding hydrogens is 572 g/mol. The number of aliphatic hydroxyl groups excluding tert-OH is 2. The minimum absolute atomic E-state index is 0.0322. The molecule has 2 aliphatic rings. The highest BCUT2D eigenvalue weighted by Crippen LogP contribution is 2.32. The quantitative estimate of drug-likeness (QED) is 0.0518. The van der Waals surface area contributed by atoms with Gasteiger partial charge in [-0.3, -0.25) is 9.59 Å². The number of ether oxygens (including phenoxy) is 4. The molecule has 5 atom stereocenters. The number of guanidine groups is 1. The molecule has 3 amide bonds. The van der Waals surface area contributed by atoms with Crippen LogP contribution in [0.3, 0.4) is 0 Å². The van der Waals surface area contributed by atoms with Crippen LogP contribution in [-0.4, -0.2) is 102 Å². The highest BCUT2D eigenvalue weighted by Gasteiger charge is 2.46. The molecule has 0 unspecified atom stereocenters. The molecule has 1 aromatic rings. The molecule has 3 rings (SSSR count). The average Bonchev–Trinajstić information content (AvgIpc) is 3.42. The average molecular weight is 607 g/mol. The number of amides is 3. The Balaban J connectivity index is 1.56. The largest absolute Gasteiger partial charge is 0.477 e. The number of carbonyl (C=O) groups excluding carboxylic acids is 3. The van der Waals surface area contributed by atoms with E-state index in [9.17, 15) is 34.5 Å². The van der Waals surface area contributed by atoms with E-state index in [-0.39, 0.29) is 25.8 Å². The standard InChI is InChI=1S/C26H34N6O11/c1-13(34)31-21-15(32-25(27)28)10-19(24(37)38)42-23(21)22(16(35)11-33)43-26(39)30-8-2-7-29-20(36)6-4-14-3-5-17-18(9-14)41-12-40-17/h3-6,9-10,15-16,21-23,33,35H,2,7-8,11-12H2,1H3,(H,29,36)(H,30,39)(H,31,34)(H,37,38)(H4,27,28,32)/b6-4+/t15-,16+,21+,22+,23+/m0/s1. The van der Waals surface area contributed by atoms with Crippen LogP contribution in [0.4, 0.5) is 4.79 Å². The molecule has 2 aliphatic heterocycles. The van der Waals surface area contributed by atoms with Crippen molar-refractivity contribution in [2.45, 2.75) is 43.7 Å². The minimum Gasteiger partial charge on any atom is -0.477 e. The molecule has 0 radical (unpaired) electrons. The number of carboxylic acid groups (broad SMARTS) is 1. The Morgan fingerprint density at radius 1 is 1.16 bits per heavy atom. The number of alkyl carbamates (subject to hydrolysis) is 1. The number of hydrogen-bond donors (Lipinski definition) is 8. The van der Waals surface area contributed by atoms with Crippen molar-refractivity contribution in [3.63, 3.8) is 0 Å². The van der Waals surface area contributed by atoms with Gasteiger partial charge in [-0.25, -0.2) is 14.6 Å². The Bertz CT molecular complexity index is 1280. The number of benzene rings is 1. The minimum atomic E-state index is -1.75. The second-order valence-electron chi connectivity index (χ2n) is 9.33. The van der Waals surface area contributed by atoms with Crippen molar-refractivity contribution >= 4 is 35.9 Å². The first-order chi connectivity index (χ1) is 20.5. The van der Waals surface area contributed by atoms with Gasteiger partial charge in [-0.15, -0.1) is 0 Å². The number of fused-ring (bicyclic) bond motifs is 1. The Labute approximate surface area is 245 Å². The normalized spacial score (nSPS) is 20.2. The van der Waals surface area contributed by atoms with Crippen molar-refractivity contribution in [3.05, 3.63) is 41.7 Å². The van der Waals surface area contributed by atoms with Crippen LogP contribution in [0.1, 0.15) is 18.9 Å². The molecule has 43 heavy (non-hydrogen) atoms. The summed E-state index contributed by atoms with van der Waals surface area (Å²) in [5, 5.41) is 37.1. The number of hydrogen-bond acceptors (Lipinski definition) is 11. The fourth-order valence-electron chi connectivity index (χ4n) is 4.17. The molecule has 234 valence electrons. The Kier molecular flexibility index (Phi) is 11.5. The van der Waals surface area contributed by atoms with Gasteiger partial charge in [-0.2, -0.15) is 0 Å². The predicted molar refractivity (Wildman–Crippen MR) is 148 cm³/mol. The molecule has 2 heterocycles. The van der Waals surface area contributed by atoms with Crippen LogP contribution < -0.4 is 36.9 Å². The van der Waals surface area contributed by atoms with Crippen molar-refractivity contribution in [2.24, 2.45) is 16.5 Å². The lowest BCUT2D eigenvalue weighted by atomic mass is 9.92. The second-order valence-corrected chi connectivity index (χ2v) is 9.33. The zero-order chi connectivity index (χ0) is 31.5. The first-order valence-electron chi connectivity index (χ1n) is 13.0. The SMILES string of the molecule is CC(=O)N[C@H]1[C@H]([C@H](OC(=O)NCCCNC(=O)/C=C/c2ccc3c(c2)OCO3)[C@H](O)CO)OC(C(=O)O)=C[C@@H]1N=C(N)N. The van der Waals surface area contributed by atoms with Gasteiger partial charge in [-0.05, 0) is 36.3 Å². The molecule has 0 spiro atoms. The summed E-state index contributed by atoms with van der Waals surface area (Å²) >= 11 is 0. The Morgan fingerprint density at radius 2 is 1.88 bits per heavy atom. The third-order valence-corrected chi connectivity index (χ3v) is 6.07. The lowest BCUT2D eigenvalue weighted by molar-refractivity contribution is -0.146. The maximum atomic E-state index is 12.6. The zero-order valence-corrected chi connectivity index (χ0v) is 23.1. The van der Waals surface area contributed by atoms with Gasteiger partial charge in [-0.1, -0.05) is 6.07 Å². The van der Waals surface area contributed by atoms with Crippen molar-refractivity contribution in [2.75, 3.05) is 26.5 Å². The Morgan fingerprint density at radius 3 is 2.56 bits per heavy atom. The van der Waals surface area contributed by atoms with E-state index in [0.717, 1.165) is 18.6 Å². The monoisotopic (exact) mass is 606 g/mol. The summed E-state index contributed by atoms with van der Waals surface area (Å²) in [5.74, 6) is -2.34. The summed E-state index contributed by atoms with van der Waals surface area (Å²) in [4.78, 5) is 52.2. The van der Waals surface area contributed by atoms with E-state index in [0.29, 0.717) is 17.9 Å². The molecule has 0 aromatic heterocycles. The molecule has 17 nitrogen and oxygen atoms in total. The fraction of sp³-hybridized carbons (Fsp3) is 0.423. The molecule has 0 saturated heterocycles. The number of rotatable bonds is 13. The number of aliphatic hydroxyl groups is 2. The molecule has 10 N–H and O–H groups in total. The van der Waals surface area contributed by atoms with Crippen molar-refractivity contribution < 1.29 is 53.4 Å². The van der Waals surface area contributed by atoms with E-state index in [4.69, 9.17) is 30.4 Å². The third kappa shape index (κ3) is 9.50. The third-order valence-electron chi connectivity index (χ3n) is 6.07. The van der Waals surface area contributed by atoms with Crippen LogP contribution >= 0.6 is 0 Å². The summed E-state index contributed by atoms with van der Waals surface area (Å²) in [6.45, 7) is 0.621. The van der Waals surface area contributed by atoms with Crippen LogP contribution in [0.2, 0.25) is 0 Å². The lowest BCUT2D eigenvalue weighted by Gasteiger charge is -2.39. The van der Waals surface area contributed by atoms with E-state index in [2.05, 4.69) is 20.9 Å². The van der Waals surface area contributed by atoms with Crippen LogP contribution in [0, 0.1) is 0 Å². The number of nitrogens with zero attached hydrogens (tertiary/aromatic N) is 1. The van der Waals surface area contributed by atoms with E-state index in [1.165, 1.54) is 6.08 Å². The smallest absolute Gasteiger partial charge is 0.407 e. The summed E-state index contributed by atoms with van der Waals surface area (Å²) < 4.78 is 21.3. The molecule has 17 heteroatoms. The first kappa shape index (κ1) is 32.5. The molecule has 0 bridgehead atoms. The van der Waals surface area contributed by atoms with Crippen molar-refractivity contribution in [3.8, 4) is 11.5 Å². The Hall–Kier alpha value is -5.03. The van der Waals surface area contributed by atoms with Crippen LogP contribution in [0.15, 0.2) is 41.1 Å². The molecule has 1 aromatic carbocycles. The van der Waals surface area contributed by atoms with Gasteiger partial charge in [0.15, 0.2) is 29.7 Å². The van der Waals surface area contributed by atoms with Crippen molar-refractivity contribution in [1.82, 2.24) is 16.0 Å². The summed E-state index contributed by atoms with van der Waals surface area (Å²) in [6, 6.07) is 2.85. The number of nitrogens with one attached hydrogen (secondary N) is 3. The van der Waals surface area contributed by atoms with Crippen LogP contribution in [0.25, 0.3) is 6.08 Å². The summed E-state index contributed by atoms with van der Waals surface area (Å²) in [6.07, 6.45) is -1.74. The molecule has 0 fully saturated rings. The van der Waals surface area contributed by atoms with Crippen LogP contribution in [-0.2, 0) is 23.9 Å². The number of nitrogens with two attached hydrogens (primary N) is 2. The van der Waals surface area contributed by atoms with E-state index in [1.807, 2.05) is 0 Å². The van der Waals surface area contributed by atoms with E-state index >= 15 is 0 Å². The number of carboxylic acids is 1. The number of aliphatic carboxylic acids is 1. The predicted octanol–water partition coefficient (Wildman–Crippen LogP) is -2.10. The highest BCUT2D eigenvalue weighted by atomic mass is 16.7. The molecule has 0 saturated carbocycles. The number of aliphatic imine (C=N–C) groups is 1. The van der Waals surface area contributed by atoms with Crippen LogP contribution in [0.5, 0.6) is 11.5 Å². The second kappa shape index (κ2) is 15.3. The van der Waals surface area contributed by atoms with Gasteiger partial charge in [0.2, 0.25) is 24.4 Å². The lowest BCUT2D eigenvalue weighted by Crippen LogP contribution is -2.61. The van der Waals surface area contributed by atoms with Gasteiger partial charge < -0.3 is 61.7 Å². The fourth-order valence-corrected chi connectivity index (χ4v) is 4.17. The summed E-state index contributed by atoms with van der Waals surface area (Å²) in [7, 11) is 0.